The molecule has 0 saturated carbocycles. The Morgan fingerprint density at radius 1 is 0.921 bits per heavy atom. The van der Waals surface area contributed by atoms with Crippen molar-refractivity contribution in [3.8, 4) is 5.75 Å². The Morgan fingerprint density at radius 2 is 1.66 bits per heavy atom. The van der Waals surface area contributed by atoms with Gasteiger partial charge in [-0.15, -0.1) is 0 Å². The van der Waals surface area contributed by atoms with Gasteiger partial charge in [-0.25, -0.2) is 16.8 Å². The minimum Gasteiger partial charge on any atom is -0.495 e. The molecule has 1 N–H and O–H groups in total. The van der Waals surface area contributed by atoms with Crippen LogP contribution in [-0.4, -0.2) is 45.9 Å². The van der Waals surface area contributed by atoms with Gasteiger partial charge in [0.05, 0.1) is 34.5 Å². The predicted octanol–water partition coefficient (Wildman–Crippen LogP) is 4.10. The molecule has 38 heavy (non-hydrogen) atoms. The lowest BCUT2D eigenvalue weighted by atomic mass is 10.2. The van der Waals surface area contributed by atoms with Crippen molar-refractivity contribution in [2.75, 3.05) is 24.9 Å². The number of nitrogens with zero attached hydrogens (tertiary/aromatic N) is 2. The number of benzene rings is 3. The molecule has 0 amide bonds. The highest BCUT2D eigenvalue weighted by atomic mass is 32.2. The highest BCUT2D eigenvalue weighted by Crippen LogP contribution is 2.32. The van der Waals surface area contributed by atoms with E-state index in [0.29, 0.717) is 29.9 Å². The molecule has 0 unspecified atom stereocenters. The Morgan fingerprint density at radius 3 is 2.37 bits per heavy atom. The van der Waals surface area contributed by atoms with Crippen molar-refractivity contribution >= 4 is 47.3 Å². The van der Waals surface area contributed by atoms with E-state index in [2.05, 4.69) is 4.72 Å². The van der Waals surface area contributed by atoms with Crippen LogP contribution in [-0.2, 0) is 26.6 Å². The summed E-state index contributed by atoms with van der Waals surface area (Å²) < 4.78 is 64.5. The molecule has 12 heteroatoms. The molecule has 0 radical (unpaired) electrons. The molecule has 4 aromatic rings. The van der Waals surface area contributed by atoms with E-state index in [0.717, 1.165) is 36.2 Å². The first kappa shape index (κ1) is 26.4. The van der Waals surface area contributed by atoms with Gasteiger partial charge in [-0.05, 0) is 54.8 Å². The Bertz CT molecular complexity index is 1740. The average Bonchev–Trinajstić information content (AvgIpc) is 3.23. The highest BCUT2D eigenvalue weighted by molar-refractivity contribution is 7.92. The Kier molecular flexibility index (Phi) is 7.32. The summed E-state index contributed by atoms with van der Waals surface area (Å²) in [7, 11) is -6.57. The fraction of sp³-hybridized carbons (Fsp3) is 0.269. The van der Waals surface area contributed by atoms with Crippen molar-refractivity contribution < 1.29 is 21.6 Å². The molecule has 1 aliphatic rings. The van der Waals surface area contributed by atoms with Crippen LogP contribution in [0.25, 0.3) is 10.2 Å². The second kappa shape index (κ2) is 10.5. The first-order valence-corrected chi connectivity index (χ1v) is 15.8. The number of nitrogens with one attached hydrogen (secondary N) is 1. The van der Waals surface area contributed by atoms with Gasteiger partial charge in [0.1, 0.15) is 10.6 Å². The van der Waals surface area contributed by atoms with Crippen molar-refractivity contribution in [3.63, 3.8) is 0 Å². The number of aromatic nitrogens is 1. The van der Waals surface area contributed by atoms with E-state index in [-0.39, 0.29) is 26.1 Å². The van der Waals surface area contributed by atoms with Crippen LogP contribution in [0.5, 0.6) is 5.75 Å². The van der Waals surface area contributed by atoms with E-state index in [1.807, 2.05) is 30.3 Å². The van der Waals surface area contributed by atoms with Crippen molar-refractivity contribution in [1.29, 1.82) is 0 Å². The maximum atomic E-state index is 13.3. The minimum atomic E-state index is -4.08. The van der Waals surface area contributed by atoms with Crippen LogP contribution in [0.2, 0.25) is 0 Å². The number of anilines is 1. The molecule has 1 fully saturated rings. The number of fused-ring (bicyclic) bond motifs is 1. The minimum absolute atomic E-state index is 0.0330. The van der Waals surface area contributed by atoms with Crippen LogP contribution in [0.15, 0.2) is 81.3 Å². The third-order valence-electron chi connectivity index (χ3n) is 6.48. The normalized spacial score (nSPS) is 15.0. The topological polar surface area (TPSA) is 115 Å². The summed E-state index contributed by atoms with van der Waals surface area (Å²) in [5, 5.41) is 0. The zero-order chi connectivity index (χ0) is 26.9. The number of ether oxygens (including phenoxy) is 1. The molecule has 9 nitrogen and oxygen atoms in total. The number of thiazole rings is 1. The van der Waals surface area contributed by atoms with Crippen molar-refractivity contribution in [3.05, 3.63) is 82.0 Å². The first-order chi connectivity index (χ1) is 18.2. The number of hydrogen-bond acceptors (Lipinski definition) is 7. The maximum Gasteiger partial charge on any atom is 0.308 e. The zero-order valence-electron chi connectivity index (χ0n) is 20.7. The van der Waals surface area contributed by atoms with Crippen LogP contribution >= 0.6 is 11.3 Å². The molecular weight excluding hydrogens is 547 g/mol. The summed E-state index contributed by atoms with van der Waals surface area (Å²) in [4.78, 5) is 12.4. The smallest absolute Gasteiger partial charge is 0.308 e. The average molecular weight is 574 g/mol. The SMILES string of the molecule is COc1ccc(NS(=O)(=O)c2ccc3c(c2)sc(=O)n3Cc2ccccc2)cc1S(=O)(=O)N1CCCCC1. The molecule has 1 aliphatic heterocycles. The first-order valence-electron chi connectivity index (χ1n) is 12.1. The van der Waals surface area contributed by atoms with Crippen LogP contribution in [0.4, 0.5) is 5.69 Å². The molecule has 1 saturated heterocycles. The van der Waals surface area contributed by atoms with Gasteiger partial charge in [-0.1, -0.05) is 48.1 Å². The second-order valence-electron chi connectivity index (χ2n) is 9.01. The quantitative estimate of drug-likeness (QED) is 0.340. The van der Waals surface area contributed by atoms with E-state index < -0.39 is 20.0 Å². The Hall–Kier alpha value is -3.19. The standard InChI is InChI=1S/C26H27N3O6S3/c1-35-23-13-10-20(16-25(23)38(33,34)28-14-6-3-7-15-28)27-37(31,32)21-11-12-22-24(17-21)36-26(30)29(22)18-19-8-4-2-5-9-19/h2,4-5,8-13,16-17,27H,3,6-7,14-15,18H2,1H3. The summed E-state index contributed by atoms with van der Waals surface area (Å²) in [6.07, 6.45) is 2.52. The van der Waals surface area contributed by atoms with Gasteiger partial charge in [-0.2, -0.15) is 4.31 Å². The molecule has 200 valence electrons. The van der Waals surface area contributed by atoms with Gasteiger partial charge >= 0.3 is 4.87 Å². The molecule has 2 heterocycles. The molecule has 0 aliphatic carbocycles. The summed E-state index contributed by atoms with van der Waals surface area (Å²) in [5.41, 5.74) is 1.70. The summed E-state index contributed by atoms with van der Waals surface area (Å²) >= 11 is 0.975. The predicted molar refractivity (Wildman–Crippen MR) is 148 cm³/mol. The molecule has 0 atom stereocenters. The van der Waals surface area contributed by atoms with Crippen molar-refractivity contribution in [2.45, 2.75) is 35.6 Å². The summed E-state index contributed by atoms with van der Waals surface area (Å²) in [5.74, 6) is 0.143. The lowest BCUT2D eigenvalue weighted by Gasteiger charge is -2.26. The maximum absolute atomic E-state index is 13.3. The Labute approximate surface area is 225 Å². The Balaban J connectivity index is 1.45. The van der Waals surface area contributed by atoms with Gasteiger partial charge in [0.25, 0.3) is 10.0 Å². The molecule has 5 rings (SSSR count). The molecule has 1 aromatic heterocycles. The van der Waals surface area contributed by atoms with E-state index >= 15 is 0 Å². The van der Waals surface area contributed by atoms with Crippen molar-refractivity contribution in [1.82, 2.24) is 8.87 Å². The largest absolute Gasteiger partial charge is 0.495 e. The van der Waals surface area contributed by atoms with Crippen LogP contribution in [0.1, 0.15) is 24.8 Å². The van der Waals surface area contributed by atoms with E-state index in [4.69, 9.17) is 4.74 Å². The molecular formula is C26H27N3O6S3. The number of sulfonamides is 2. The highest BCUT2D eigenvalue weighted by Gasteiger charge is 2.29. The third-order valence-corrected chi connectivity index (χ3v) is 10.7. The van der Waals surface area contributed by atoms with Crippen molar-refractivity contribution in [2.24, 2.45) is 0 Å². The van der Waals surface area contributed by atoms with Crippen LogP contribution < -0.4 is 14.3 Å². The van der Waals surface area contributed by atoms with E-state index in [1.165, 1.54) is 41.7 Å². The lowest BCUT2D eigenvalue weighted by Crippen LogP contribution is -2.35. The summed E-state index contributed by atoms with van der Waals surface area (Å²) in [6, 6.07) is 18.2. The fourth-order valence-corrected chi connectivity index (χ4v) is 8.31. The van der Waals surface area contributed by atoms with Gasteiger partial charge in [0.15, 0.2) is 0 Å². The zero-order valence-corrected chi connectivity index (χ0v) is 23.1. The number of hydrogen-bond donors (Lipinski definition) is 1. The van der Waals surface area contributed by atoms with Crippen LogP contribution in [0.3, 0.4) is 0 Å². The third kappa shape index (κ3) is 5.21. The fourth-order valence-electron chi connectivity index (χ4n) is 4.53. The van der Waals surface area contributed by atoms with E-state index in [1.54, 1.807) is 10.6 Å². The number of rotatable bonds is 8. The molecule has 0 spiro atoms. The monoisotopic (exact) mass is 573 g/mol. The second-order valence-corrected chi connectivity index (χ2v) is 13.6. The van der Waals surface area contributed by atoms with E-state index in [9.17, 15) is 21.6 Å². The van der Waals surface area contributed by atoms with Gasteiger partial charge in [0, 0.05) is 13.1 Å². The van der Waals surface area contributed by atoms with Crippen LogP contribution in [0, 0.1) is 0 Å². The lowest BCUT2D eigenvalue weighted by molar-refractivity contribution is 0.343. The molecule has 3 aromatic carbocycles. The van der Waals surface area contributed by atoms with Gasteiger partial charge in [0.2, 0.25) is 10.0 Å². The summed E-state index contributed by atoms with van der Waals surface area (Å²) in [6.45, 7) is 1.20. The van der Waals surface area contributed by atoms with Gasteiger partial charge in [-0.3, -0.25) is 14.1 Å². The number of piperidine rings is 1. The molecule has 0 bridgehead atoms. The van der Waals surface area contributed by atoms with Gasteiger partial charge < -0.3 is 4.74 Å². The number of methoxy groups -OCH3 is 1.